The number of hydrogen-bond acceptors (Lipinski definition) is 2. The van der Waals surface area contributed by atoms with Crippen LogP contribution in [0.4, 0.5) is 8.78 Å². The van der Waals surface area contributed by atoms with E-state index in [1.54, 1.807) is 31.2 Å². The zero-order valence-electron chi connectivity index (χ0n) is 11.5. The van der Waals surface area contributed by atoms with Gasteiger partial charge in [-0.1, -0.05) is 37.3 Å². The third-order valence-corrected chi connectivity index (χ3v) is 5.00. The molecule has 0 atom stereocenters. The summed E-state index contributed by atoms with van der Waals surface area (Å²) in [5.41, 5.74) is 0.778. The molecule has 6 heteroatoms. The summed E-state index contributed by atoms with van der Waals surface area (Å²) in [7, 11) is -4.08. The molecule has 0 spiro atoms. The average molecular weight is 311 g/mol. The van der Waals surface area contributed by atoms with Gasteiger partial charge in [-0.3, -0.25) is 0 Å². The molecule has 0 saturated carbocycles. The molecule has 0 aliphatic heterocycles. The van der Waals surface area contributed by atoms with E-state index in [1.165, 1.54) is 0 Å². The number of nitrogens with zero attached hydrogens (tertiary/aromatic N) is 1. The third-order valence-electron chi connectivity index (χ3n) is 3.07. The third kappa shape index (κ3) is 3.46. The van der Waals surface area contributed by atoms with Crippen molar-refractivity contribution >= 4 is 10.0 Å². The lowest BCUT2D eigenvalue weighted by Gasteiger charge is -2.21. The lowest BCUT2D eigenvalue weighted by Crippen LogP contribution is -2.31. The van der Waals surface area contributed by atoms with Crippen molar-refractivity contribution in [2.45, 2.75) is 18.4 Å². The Bertz CT molecular complexity index is 718. The van der Waals surface area contributed by atoms with Gasteiger partial charge < -0.3 is 0 Å². The molecule has 112 valence electrons. The molecule has 0 fully saturated rings. The number of benzene rings is 2. The first-order valence-electron chi connectivity index (χ1n) is 6.44. The van der Waals surface area contributed by atoms with Gasteiger partial charge in [-0.15, -0.1) is 0 Å². The molecule has 0 aliphatic rings. The first-order chi connectivity index (χ1) is 9.95. The topological polar surface area (TPSA) is 37.4 Å². The lowest BCUT2D eigenvalue weighted by atomic mass is 10.2. The summed E-state index contributed by atoms with van der Waals surface area (Å²) < 4.78 is 53.0. The van der Waals surface area contributed by atoms with E-state index in [0.717, 1.165) is 22.0 Å². The number of halogens is 2. The second-order valence-electron chi connectivity index (χ2n) is 4.49. The normalized spacial score (nSPS) is 11.8. The van der Waals surface area contributed by atoms with E-state index >= 15 is 0 Å². The largest absolute Gasteiger partial charge is 0.246 e. The van der Waals surface area contributed by atoms with Crippen LogP contribution < -0.4 is 0 Å². The van der Waals surface area contributed by atoms with Crippen LogP contribution in [-0.4, -0.2) is 19.3 Å². The predicted octanol–water partition coefficient (Wildman–Crippen LogP) is 3.18. The van der Waals surface area contributed by atoms with Crippen LogP contribution in [0.5, 0.6) is 0 Å². The summed E-state index contributed by atoms with van der Waals surface area (Å²) in [4.78, 5) is -0.639. The minimum absolute atomic E-state index is 0.107. The molecular weight excluding hydrogens is 296 g/mol. The highest BCUT2D eigenvalue weighted by Gasteiger charge is 2.27. The van der Waals surface area contributed by atoms with Crippen LogP contribution in [0.15, 0.2) is 53.4 Å². The SMILES string of the molecule is CCN(Cc1ccccc1)S(=O)(=O)c1cc(F)ccc1F. The molecule has 0 bridgehead atoms. The maximum Gasteiger partial charge on any atom is 0.246 e. The summed E-state index contributed by atoms with van der Waals surface area (Å²) in [5.74, 6) is -1.74. The van der Waals surface area contributed by atoms with Crippen molar-refractivity contribution in [3.05, 3.63) is 65.7 Å². The molecular formula is C15H15F2NO2S. The van der Waals surface area contributed by atoms with Crippen LogP contribution in [0, 0.1) is 11.6 Å². The molecule has 0 aromatic heterocycles. The Kier molecular flexibility index (Phi) is 4.69. The summed E-state index contributed by atoms with van der Waals surface area (Å²) in [6.45, 7) is 1.92. The van der Waals surface area contributed by atoms with Crippen LogP contribution in [0.2, 0.25) is 0 Å². The highest BCUT2D eigenvalue weighted by atomic mass is 32.2. The highest BCUT2D eigenvalue weighted by Crippen LogP contribution is 2.22. The Morgan fingerprint density at radius 2 is 1.71 bits per heavy atom. The van der Waals surface area contributed by atoms with E-state index in [1.807, 2.05) is 6.07 Å². The molecule has 0 aliphatic carbocycles. The second kappa shape index (κ2) is 6.32. The van der Waals surface area contributed by atoms with Crippen molar-refractivity contribution in [2.75, 3.05) is 6.54 Å². The fourth-order valence-corrected chi connectivity index (χ4v) is 3.48. The maximum absolute atomic E-state index is 13.7. The van der Waals surface area contributed by atoms with Crippen molar-refractivity contribution in [1.29, 1.82) is 0 Å². The van der Waals surface area contributed by atoms with Crippen molar-refractivity contribution in [2.24, 2.45) is 0 Å². The molecule has 2 aromatic rings. The molecule has 21 heavy (non-hydrogen) atoms. The van der Waals surface area contributed by atoms with Crippen molar-refractivity contribution < 1.29 is 17.2 Å². The second-order valence-corrected chi connectivity index (χ2v) is 6.40. The van der Waals surface area contributed by atoms with E-state index in [2.05, 4.69) is 0 Å². The molecule has 0 unspecified atom stereocenters. The van der Waals surface area contributed by atoms with Gasteiger partial charge in [-0.2, -0.15) is 4.31 Å². The molecule has 2 rings (SSSR count). The predicted molar refractivity (Wildman–Crippen MR) is 76.1 cm³/mol. The van der Waals surface area contributed by atoms with Gasteiger partial charge in [0, 0.05) is 13.1 Å². The van der Waals surface area contributed by atoms with Gasteiger partial charge in [0.15, 0.2) is 0 Å². The fraction of sp³-hybridized carbons (Fsp3) is 0.200. The van der Waals surface area contributed by atoms with Gasteiger partial charge in [0.25, 0.3) is 0 Å². The van der Waals surface area contributed by atoms with Crippen LogP contribution in [0.3, 0.4) is 0 Å². The Morgan fingerprint density at radius 3 is 2.33 bits per heavy atom. The van der Waals surface area contributed by atoms with Crippen LogP contribution in [0.1, 0.15) is 12.5 Å². The molecule has 0 amide bonds. The van der Waals surface area contributed by atoms with Crippen LogP contribution in [0.25, 0.3) is 0 Å². The zero-order valence-corrected chi connectivity index (χ0v) is 12.3. The van der Waals surface area contributed by atoms with Gasteiger partial charge in [0.05, 0.1) is 0 Å². The average Bonchev–Trinajstić information content (AvgIpc) is 2.48. The Hall–Kier alpha value is -1.79. The lowest BCUT2D eigenvalue weighted by molar-refractivity contribution is 0.418. The quantitative estimate of drug-likeness (QED) is 0.850. The first kappa shape index (κ1) is 15.6. The van der Waals surface area contributed by atoms with Crippen LogP contribution >= 0.6 is 0 Å². The number of sulfonamides is 1. The van der Waals surface area contributed by atoms with Crippen molar-refractivity contribution in [1.82, 2.24) is 4.31 Å². The summed E-state index contributed by atoms with van der Waals surface area (Å²) in [5, 5.41) is 0. The summed E-state index contributed by atoms with van der Waals surface area (Å²) >= 11 is 0. The van der Waals surface area contributed by atoms with E-state index in [4.69, 9.17) is 0 Å². The smallest absolute Gasteiger partial charge is 0.207 e. The monoisotopic (exact) mass is 311 g/mol. The standard InChI is InChI=1S/C15H15F2NO2S/c1-2-18(11-12-6-4-3-5-7-12)21(19,20)15-10-13(16)8-9-14(15)17/h3-10H,2,11H2,1H3. The zero-order chi connectivity index (χ0) is 15.5. The van der Waals surface area contributed by atoms with E-state index in [-0.39, 0.29) is 13.1 Å². The minimum atomic E-state index is -4.08. The molecule has 0 saturated heterocycles. The van der Waals surface area contributed by atoms with Crippen molar-refractivity contribution in [3.8, 4) is 0 Å². The molecule has 2 aromatic carbocycles. The molecule has 0 radical (unpaired) electrons. The maximum atomic E-state index is 13.7. The van der Waals surface area contributed by atoms with Gasteiger partial charge >= 0.3 is 0 Å². The van der Waals surface area contributed by atoms with Gasteiger partial charge in [-0.05, 0) is 23.8 Å². The molecule has 0 heterocycles. The van der Waals surface area contributed by atoms with E-state index in [0.29, 0.717) is 6.07 Å². The van der Waals surface area contributed by atoms with Crippen molar-refractivity contribution in [3.63, 3.8) is 0 Å². The van der Waals surface area contributed by atoms with E-state index < -0.39 is 26.6 Å². The Morgan fingerprint density at radius 1 is 1.05 bits per heavy atom. The summed E-state index contributed by atoms with van der Waals surface area (Å²) in [6, 6.07) is 11.4. The Balaban J connectivity index is 2.38. The fourth-order valence-electron chi connectivity index (χ4n) is 1.97. The molecule has 3 nitrogen and oxygen atoms in total. The summed E-state index contributed by atoms with van der Waals surface area (Å²) in [6.07, 6.45) is 0. The Labute approximate surface area is 122 Å². The number of hydrogen-bond donors (Lipinski definition) is 0. The van der Waals surface area contributed by atoms with Crippen LogP contribution in [-0.2, 0) is 16.6 Å². The minimum Gasteiger partial charge on any atom is -0.207 e. The van der Waals surface area contributed by atoms with Gasteiger partial charge in [0.2, 0.25) is 10.0 Å². The number of rotatable bonds is 5. The highest BCUT2D eigenvalue weighted by molar-refractivity contribution is 7.89. The first-order valence-corrected chi connectivity index (χ1v) is 7.88. The van der Waals surface area contributed by atoms with Gasteiger partial charge in [-0.25, -0.2) is 17.2 Å². The molecule has 0 N–H and O–H groups in total. The van der Waals surface area contributed by atoms with Gasteiger partial charge in [0.1, 0.15) is 16.5 Å². The van der Waals surface area contributed by atoms with E-state index in [9.17, 15) is 17.2 Å².